The van der Waals surface area contributed by atoms with Gasteiger partial charge < -0.3 is 5.32 Å². The van der Waals surface area contributed by atoms with Gasteiger partial charge in [0.25, 0.3) is 5.91 Å². The maximum atomic E-state index is 11.4. The molecule has 0 aliphatic rings. The number of carbonyl (C=O) groups is 1. The minimum atomic E-state index is -0.154. The van der Waals surface area contributed by atoms with Crippen molar-refractivity contribution in [3.8, 4) is 11.4 Å². The number of rotatable bonds is 2. The fourth-order valence-electron chi connectivity index (χ4n) is 1.26. The maximum absolute atomic E-state index is 11.4. The van der Waals surface area contributed by atoms with Gasteiger partial charge in [0.2, 0.25) is 5.82 Å². The first kappa shape index (κ1) is 10.2. The summed E-state index contributed by atoms with van der Waals surface area (Å²) in [4.78, 5) is 11.4. The molecule has 2 rings (SSSR count). The summed E-state index contributed by atoms with van der Waals surface area (Å²) < 4.78 is 0. The number of carbonyl (C=O) groups excluding carboxylic acids is 1. The van der Waals surface area contributed by atoms with E-state index in [0.717, 1.165) is 0 Å². The summed E-state index contributed by atoms with van der Waals surface area (Å²) in [6.45, 7) is 0. The van der Waals surface area contributed by atoms with Gasteiger partial charge in [-0.1, -0.05) is 12.1 Å². The first-order valence-electron chi connectivity index (χ1n) is 4.64. The molecular weight excluding hydrogens is 206 g/mol. The Kier molecular flexibility index (Phi) is 2.81. The zero-order valence-corrected chi connectivity index (χ0v) is 8.58. The molecule has 0 aliphatic heterocycles. The molecule has 1 amide bonds. The minimum absolute atomic E-state index is 0.154. The zero-order valence-electron chi connectivity index (χ0n) is 8.58. The summed E-state index contributed by atoms with van der Waals surface area (Å²) in [6, 6.07) is 6.96. The lowest BCUT2D eigenvalue weighted by Gasteiger charge is -2.01. The lowest BCUT2D eigenvalue weighted by Crippen LogP contribution is -2.17. The summed E-state index contributed by atoms with van der Waals surface area (Å²) in [5.74, 6) is 0.243. The van der Waals surface area contributed by atoms with Crippen molar-refractivity contribution in [2.45, 2.75) is 0 Å². The average Bonchev–Trinajstić information content (AvgIpc) is 2.39. The number of hydrogen-bond donors (Lipinski definition) is 1. The van der Waals surface area contributed by atoms with E-state index in [9.17, 15) is 4.79 Å². The lowest BCUT2D eigenvalue weighted by molar-refractivity contribution is 0.0963. The van der Waals surface area contributed by atoms with Crippen LogP contribution in [0.2, 0.25) is 0 Å². The van der Waals surface area contributed by atoms with Crippen molar-refractivity contribution >= 4 is 5.91 Å². The predicted molar refractivity (Wildman–Crippen MR) is 56.4 cm³/mol. The van der Waals surface area contributed by atoms with Gasteiger partial charge in [-0.15, -0.1) is 20.4 Å². The van der Waals surface area contributed by atoms with E-state index in [2.05, 4.69) is 25.7 Å². The quantitative estimate of drug-likeness (QED) is 0.778. The number of nitrogens with one attached hydrogen (secondary N) is 1. The van der Waals surface area contributed by atoms with Crippen LogP contribution in [0.5, 0.6) is 0 Å². The Morgan fingerprint density at radius 1 is 1.25 bits per heavy atom. The highest BCUT2D eigenvalue weighted by Crippen LogP contribution is 2.14. The highest BCUT2D eigenvalue weighted by atomic mass is 16.1. The first-order chi connectivity index (χ1) is 7.81. The molecule has 0 saturated heterocycles. The standard InChI is InChI=1S/C10H9N5O/c1-11-10(16)8-4-2-3-7(5-8)9-14-12-6-13-15-9/h2-6H,1H3,(H,11,16). The van der Waals surface area contributed by atoms with E-state index >= 15 is 0 Å². The van der Waals surface area contributed by atoms with Gasteiger partial charge in [-0.2, -0.15) is 0 Å². The number of amides is 1. The molecule has 80 valence electrons. The van der Waals surface area contributed by atoms with E-state index in [1.165, 1.54) is 6.33 Å². The van der Waals surface area contributed by atoms with Gasteiger partial charge in [-0.05, 0) is 12.1 Å². The van der Waals surface area contributed by atoms with Crippen LogP contribution in [0.15, 0.2) is 30.6 Å². The fraction of sp³-hybridized carbons (Fsp3) is 0.100. The van der Waals surface area contributed by atoms with Crippen LogP contribution in [0.1, 0.15) is 10.4 Å². The summed E-state index contributed by atoms with van der Waals surface area (Å²) in [7, 11) is 1.58. The molecule has 0 unspecified atom stereocenters. The Bertz CT molecular complexity index is 500. The van der Waals surface area contributed by atoms with Gasteiger partial charge in [0.05, 0.1) is 0 Å². The summed E-state index contributed by atoms with van der Waals surface area (Å²) in [6.07, 6.45) is 1.26. The molecule has 6 nitrogen and oxygen atoms in total. The predicted octanol–water partition coefficient (Wildman–Crippen LogP) is 0.293. The molecule has 0 radical (unpaired) electrons. The smallest absolute Gasteiger partial charge is 0.251 e. The Labute approximate surface area is 91.7 Å². The normalized spacial score (nSPS) is 9.81. The molecule has 0 atom stereocenters. The van der Waals surface area contributed by atoms with Crippen LogP contribution in [0.3, 0.4) is 0 Å². The Morgan fingerprint density at radius 2 is 2.00 bits per heavy atom. The van der Waals surface area contributed by atoms with E-state index in [0.29, 0.717) is 17.0 Å². The second kappa shape index (κ2) is 4.43. The Hall–Kier alpha value is -2.37. The van der Waals surface area contributed by atoms with Gasteiger partial charge >= 0.3 is 0 Å². The molecule has 0 bridgehead atoms. The number of benzene rings is 1. The SMILES string of the molecule is CNC(=O)c1cccc(-c2nncnn2)c1. The van der Waals surface area contributed by atoms with Crippen molar-refractivity contribution in [1.82, 2.24) is 25.7 Å². The molecule has 1 N–H and O–H groups in total. The second-order valence-corrected chi connectivity index (χ2v) is 3.03. The van der Waals surface area contributed by atoms with E-state index in [-0.39, 0.29) is 5.91 Å². The number of nitrogens with zero attached hydrogens (tertiary/aromatic N) is 4. The molecule has 16 heavy (non-hydrogen) atoms. The molecule has 1 aromatic carbocycles. The zero-order chi connectivity index (χ0) is 11.4. The van der Waals surface area contributed by atoms with Crippen LogP contribution < -0.4 is 5.32 Å². The van der Waals surface area contributed by atoms with Crippen LogP contribution in [0.4, 0.5) is 0 Å². The topological polar surface area (TPSA) is 80.7 Å². The highest BCUT2D eigenvalue weighted by Gasteiger charge is 2.06. The monoisotopic (exact) mass is 215 g/mol. The summed E-state index contributed by atoms with van der Waals surface area (Å²) >= 11 is 0. The Balaban J connectivity index is 2.40. The van der Waals surface area contributed by atoms with Gasteiger partial charge in [0.1, 0.15) is 0 Å². The molecule has 2 aromatic rings. The Morgan fingerprint density at radius 3 is 2.69 bits per heavy atom. The van der Waals surface area contributed by atoms with Gasteiger partial charge in [0, 0.05) is 18.2 Å². The molecule has 1 heterocycles. The van der Waals surface area contributed by atoms with Crippen molar-refractivity contribution in [2.75, 3.05) is 7.05 Å². The fourth-order valence-corrected chi connectivity index (χ4v) is 1.26. The minimum Gasteiger partial charge on any atom is -0.355 e. The summed E-state index contributed by atoms with van der Waals surface area (Å²) in [5, 5.41) is 17.5. The van der Waals surface area contributed by atoms with Crippen molar-refractivity contribution in [1.29, 1.82) is 0 Å². The second-order valence-electron chi connectivity index (χ2n) is 3.03. The molecule has 0 saturated carbocycles. The third-order valence-corrected chi connectivity index (χ3v) is 2.02. The molecule has 6 heteroatoms. The molecule has 1 aromatic heterocycles. The first-order valence-corrected chi connectivity index (χ1v) is 4.64. The van der Waals surface area contributed by atoms with Crippen LogP contribution in [-0.4, -0.2) is 33.3 Å². The van der Waals surface area contributed by atoms with Gasteiger partial charge in [0.15, 0.2) is 6.33 Å². The van der Waals surface area contributed by atoms with E-state index in [4.69, 9.17) is 0 Å². The molecule has 0 spiro atoms. The van der Waals surface area contributed by atoms with Crippen LogP contribution in [0.25, 0.3) is 11.4 Å². The highest BCUT2D eigenvalue weighted by molar-refractivity contribution is 5.94. The van der Waals surface area contributed by atoms with Crippen molar-refractivity contribution in [2.24, 2.45) is 0 Å². The van der Waals surface area contributed by atoms with Gasteiger partial charge in [-0.25, -0.2) is 0 Å². The molecular formula is C10H9N5O. The maximum Gasteiger partial charge on any atom is 0.251 e. The number of hydrogen-bond acceptors (Lipinski definition) is 5. The van der Waals surface area contributed by atoms with E-state index < -0.39 is 0 Å². The number of aromatic nitrogens is 4. The van der Waals surface area contributed by atoms with Gasteiger partial charge in [-0.3, -0.25) is 4.79 Å². The third kappa shape index (κ3) is 2.00. The third-order valence-electron chi connectivity index (χ3n) is 2.02. The summed E-state index contributed by atoms with van der Waals surface area (Å²) in [5.41, 5.74) is 1.26. The lowest BCUT2D eigenvalue weighted by atomic mass is 10.1. The van der Waals surface area contributed by atoms with Crippen LogP contribution in [-0.2, 0) is 0 Å². The van der Waals surface area contributed by atoms with Crippen LogP contribution >= 0.6 is 0 Å². The van der Waals surface area contributed by atoms with Crippen LogP contribution in [0, 0.1) is 0 Å². The van der Waals surface area contributed by atoms with Crippen molar-refractivity contribution in [3.63, 3.8) is 0 Å². The largest absolute Gasteiger partial charge is 0.355 e. The van der Waals surface area contributed by atoms with E-state index in [1.54, 1.807) is 31.3 Å². The molecule has 0 aliphatic carbocycles. The average molecular weight is 215 g/mol. The van der Waals surface area contributed by atoms with Crippen molar-refractivity contribution < 1.29 is 4.79 Å². The van der Waals surface area contributed by atoms with E-state index in [1.807, 2.05) is 0 Å². The molecule has 0 fully saturated rings. The van der Waals surface area contributed by atoms with Crippen molar-refractivity contribution in [3.05, 3.63) is 36.2 Å².